The zero-order chi connectivity index (χ0) is 18.0. The van der Waals surface area contributed by atoms with E-state index in [1.807, 2.05) is 36.8 Å². The number of hydrazine groups is 1. The van der Waals surface area contributed by atoms with Crippen molar-refractivity contribution in [1.29, 1.82) is 0 Å². The van der Waals surface area contributed by atoms with Crippen LogP contribution in [-0.4, -0.2) is 22.2 Å². The molecule has 0 bridgehead atoms. The van der Waals surface area contributed by atoms with E-state index in [0.29, 0.717) is 22.7 Å². The van der Waals surface area contributed by atoms with E-state index in [1.54, 1.807) is 24.3 Å². The summed E-state index contributed by atoms with van der Waals surface area (Å²) < 4.78 is 1.93. The van der Waals surface area contributed by atoms with Gasteiger partial charge in [-0.05, 0) is 55.0 Å². The van der Waals surface area contributed by atoms with Gasteiger partial charge in [0.15, 0.2) is 0 Å². The smallest absolute Gasteiger partial charge is 0.209 e. The molecule has 1 aliphatic rings. The number of hydrogen-bond acceptors (Lipinski definition) is 5. The van der Waals surface area contributed by atoms with Crippen LogP contribution in [0.2, 0.25) is 5.02 Å². The normalized spacial score (nSPS) is 16.5. The van der Waals surface area contributed by atoms with Gasteiger partial charge in [0.1, 0.15) is 6.17 Å². The zero-order valence-electron chi connectivity index (χ0n) is 14.1. The molecule has 6 nitrogen and oxygen atoms in total. The third-order valence-corrected chi connectivity index (χ3v) is 4.47. The van der Waals surface area contributed by atoms with E-state index < -0.39 is 0 Å². The first-order valence-corrected chi connectivity index (χ1v) is 8.29. The summed E-state index contributed by atoms with van der Waals surface area (Å²) in [5, 5.41) is 4.91. The van der Waals surface area contributed by atoms with Crippen LogP contribution in [0.1, 0.15) is 27.3 Å². The van der Waals surface area contributed by atoms with Gasteiger partial charge in [-0.25, -0.2) is 5.43 Å². The minimum Gasteiger partial charge on any atom is -0.344 e. The zero-order valence-corrected chi connectivity index (χ0v) is 14.8. The SMILES string of the molecule is Cc1cc(CC2=NNC(NN)C=C2)n(C)c1C(=O)c1ccc(Cl)cc1. The van der Waals surface area contributed by atoms with Gasteiger partial charge in [0, 0.05) is 29.7 Å². The number of hydrazone groups is 1. The predicted molar refractivity (Wildman–Crippen MR) is 99.6 cm³/mol. The van der Waals surface area contributed by atoms with Crippen molar-refractivity contribution in [3.05, 3.63) is 70.0 Å². The molecule has 3 rings (SSSR count). The molecule has 0 saturated carbocycles. The number of rotatable bonds is 5. The quantitative estimate of drug-likeness (QED) is 0.434. The number of aryl methyl sites for hydroxylation is 1. The van der Waals surface area contributed by atoms with E-state index in [9.17, 15) is 4.79 Å². The van der Waals surface area contributed by atoms with Crippen molar-refractivity contribution >= 4 is 23.1 Å². The van der Waals surface area contributed by atoms with Crippen LogP contribution < -0.4 is 16.7 Å². The highest BCUT2D eigenvalue weighted by Gasteiger charge is 2.19. The lowest BCUT2D eigenvalue weighted by Crippen LogP contribution is -2.44. The number of carbonyl (C=O) groups excluding carboxylic acids is 1. The summed E-state index contributed by atoms with van der Waals surface area (Å²) in [5.41, 5.74) is 9.61. The number of aromatic nitrogens is 1. The molecule has 0 aliphatic carbocycles. The molecule has 2 heterocycles. The van der Waals surface area contributed by atoms with Gasteiger partial charge in [-0.2, -0.15) is 5.10 Å². The van der Waals surface area contributed by atoms with Gasteiger partial charge in [-0.1, -0.05) is 11.6 Å². The van der Waals surface area contributed by atoms with Gasteiger partial charge in [0.05, 0.1) is 11.4 Å². The second-order valence-corrected chi connectivity index (χ2v) is 6.41. The molecule has 1 aromatic carbocycles. The van der Waals surface area contributed by atoms with Crippen molar-refractivity contribution in [2.24, 2.45) is 18.0 Å². The number of halogens is 1. The van der Waals surface area contributed by atoms with Crippen LogP contribution in [0.15, 0.2) is 47.6 Å². The summed E-state index contributed by atoms with van der Waals surface area (Å²) >= 11 is 5.90. The van der Waals surface area contributed by atoms with Crippen molar-refractivity contribution in [3.63, 3.8) is 0 Å². The minimum atomic E-state index is -0.166. The van der Waals surface area contributed by atoms with Gasteiger partial charge in [-0.3, -0.25) is 16.1 Å². The van der Waals surface area contributed by atoms with Gasteiger partial charge in [0.2, 0.25) is 5.78 Å². The molecular weight excluding hydrogens is 338 g/mol. The fourth-order valence-corrected chi connectivity index (χ4v) is 3.01. The maximum Gasteiger partial charge on any atom is 0.209 e. The number of allylic oxidation sites excluding steroid dienone is 1. The van der Waals surface area contributed by atoms with Gasteiger partial charge >= 0.3 is 0 Å². The minimum absolute atomic E-state index is 0.0189. The number of benzene rings is 1. The third-order valence-electron chi connectivity index (χ3n) is 4.21. The second kappa shape index (κ2) is 7.23. The Morgan fingerprint density at radius 1 is 1.40 bits per heavy atom. The van der Waals surface area contributed by atoms with E-state index >= 15 is 0 Å². The molecular formula is C18H20ClN5O. The summed E-state index contributed by atoms with van der Waals surface area (Å²) in [7, 11) is 1.90. The fraction of sp³-hybridized carbons (Fsp3) is 0.222. The predicted octanol–water partition coefficient (Wildman–Crippen LogP) is 2.07. The van der Waals surface area contributed by atoms with Crippen molar-refractivity contribution in [1.82, 2.24) is 15.4 Å². The largest absolute Gasteiger partial charge is 0.344 e. The molecule has 1 aromatic heterocycles. The Labute approximate surface area is 151 Å². The average molecular weight is 358 g/mol. The first-order valence-electron chi connectivity index (χ1n) is 7.91. The molecule has 0 saturated heterocycles. The van der Waals surface area contributed by atoms with Crippen LogP contribution in [0.25, 0.3) is 0 Å². The third kappa shape index (κ3) is 3.66. The Morgan fingerprint density at radius 2 is 2.12 bits per heavy atom. The molecule has 0 amide bonds. The lowest BCUT2D eigenvalue weighted by atomic mass is 10.1. The monoisotopic (exact) mass is 357 g/mol. The molecule has 7 heteroatoms. The summed E-state index contributed by atoms with van der Waals surface area (Å²) in [4.78, 5) is 12.8. The van der Waals surface area contributed by atoms with Crippen molar-refractivity contribution < 1.29 is 4.79 Å². The Hall–Kier alpha value is -2.41. The van der Waals surface area contributed by atoms with Crippen LogP contribution >= 0.6 is 11.6 Å². The number of nitrogens with zero attached hydrogens (tertiary/aromatic N) is 2. The van der Waals surface area contributed by atoms with Crippen molar-refractivity contribution in [2.45, 2.75) is 19.5 Å². The lowest BCUT2D eigenvalue weighted by Gasteiger charge is -2.16. The average Bonchev–Trinajstić information content (AvgIpc) is 2.89. The molecule has 1 unspecified atom stereocenters. The lowest BCUT2D eigenvalue weighted by molar-refractivity contribution is 0.103. The van der Waals surface area contributed by atoms with Crippen LogP contribution in [0.3, 0.4) is 0 Å². The fourth-order valence-electron chi connectivity index (χ4n) is 2.88. The van der Waals surface area contributed by atoms with Crippen LogP contribution in [0.4, 0.5) is 0 Å². The maximum atomic E-state index is 12.8. The molecule has 4 N–H and O–H groups in total. The second-order valence-electron chi connectivity index (χ2n) is 5.97. The first-order chi connectivity index (χ1) is 12.0. The van der Waals surface area contributed by atoms with Crippen LogP contribution in [0.5, 0.6) is 0 Å². The molecule has 0 radical (unpaired) electrons. The van der Waals surface area contributed by atoms with E-state index in [-0.39, 0.29) is 11.9 Å². The first kappa shape index (κ1) is 17.4. The highest BCUT2D eigenvalue weighted by molar-refractivity contribution is 6.30. The van der Waals surface area contributed by atoms with Crippen LogP contribution in [-0.2, 0) is 13.5 Å². The molecule has 25 heavy (non-hydrogen) atoms. The Morgan fingerprint density at radius 3 is 2.72 bits per heavy atom. The Bertz CT molecular complexity index is 851. The number of nitrogens with two attached hydrogens (primary N) is 1. The molecule has 2 aromatic rings. The number of ketones is 1. The Balaban J connectivity index is 1.84. The van der Waals surface area contributed by atoms with Gasteiger partial charge in [-0.15, -0.1) is 0 Å². The van der Waals surface area contributed by atoms with E-state index in [4.69, 9.17) is 17.4 Å². The summed E-state index contributed by atoms with van der Waals surface area (Å²) in [6, 6.07) is 8.96. The van der Waals surface area contributed by atoms with Crippen LogP contribution in [0, 0.1) is 6.92 Å². The topological polar surface area (TPSA) is 84.4 Å². The maximum absolute atomic E-state index is 12.8. The molecule has 0 spiro atoms. The number of carbonyl (C=O) groups is 1. The standard InChI is InChI=1S/C18H20ClN5O/c1-11-9-15(10-14-7-8-16(21-20)23-22-14)24(2)17(11)18(25)12-3-5-13(19)6-4-12/h3-9,16,21,23H,10,20H2,1-2H3. The molecule has 130 valence electrons. The van der Waals surface area contributed by atoms with Gasteiger partial charge < -0.3 is 4.57 Å². The number of hydrogen-bond donors (Lipinski definition) is 3. The van der Waals surface area contributed by atoms with E-state index in [0.717, 1.165) is 17.0 Å². The molecule has 1 aliphatic heterocycles. The van der Waals surface area contributed by atoms with E-state index in [1.165, 1.54) is 0 Å². The highest BCUT2D eigenvalue weighted by atomic mass is 35.5. The van der Waals surface area contributed by atoms with Crippen molar-refractivity contribution in [2.75, 3.05) is 0 Å². The van der Waals surface area contributed by atoms with Gasteiger partial charge in [0.25, 0.3) is 0 Å². The number of nitrogens with one attached hydrogen (secondary N) is 2. The highest BCUT2D eigenvalue weighted by Crippen LogP contribution is 2.20. The summed E-state index contributed by atoms with van der Waals surface area (Å²) in [6.45, 7) is 1.94. The Kier molecular flexibility index (Phi) is 5.03. The van der Waals surface area contributed by atoms with Crippen molar-refractivity contribution in [3.8, 4) is 0 Å². The summed E-state index contributed by atoms with van der Waals surface area (Å²) in [5.74, 6) is 5.34. The molecule has 0 fully saturated rings. The van der Waals surface area contributed by atoms with E-state index in [2.05, 4.69) is 16.0 Å². The summed E-state index contributed by atoms with van der Waals surface area (Å²) in [6.07, 6.45) is 4.27. The molecule has 1 atom stereocenters.